The fourth-order valence-corrected chi connectivity index (χ4v) is 13.1. The van der Waals surface area contributed by atoms with E-state index in [0.717, 1.165) is 51.6 Å². The van der Waals surface area contributed by atoms with Crippen LogP contribution in [0.15, 0.2) is 223 Å². The Hall–Kier alpha value is -8.46. The molecule has 2 heteroatoms. The molecule has 3 aliphatic carbocycles. The van der Waals surface area contributed by atoms with Gasteiger partial charge in [0.15, 0.2) is 0 Å². The molecule has 0 aliphatic heterocycles. The Morgan fingerprint density at radius 3 is 1.61 bits per heavy atom. The van der Waals surface area contributed by atoms with Crippen molar-refractivity contribution in [3.05, 3.63) is 262 Å². The lowest BCUT2D eigenvalue weighted by Crippen LogP contribution is -2.33. The highest BCUT2D eigenvalue weighted by molar-refractivity contribution is 6.06. The van der Waals surface area contributed by atoms with E-state index in [9.17, 15) is 0 Å². The van der Waals surface area contributed by atoms with Crippen LogP contribution in [0.4, 0.5) is 11.4 Å². The fourth-order valence-electron chi connectivity index (χ4n) is 13.1. The number of hydrogen-bond donors (Lipinski definition) is 0. The van der Waals surface area contributed by atoms with Gasteiger partial charge in [0.1, 0.15) is 11.0 Å². The molecule has 0 amide bonds. The van der Waals surface area contributed by atoms with Gasteiger partial charge in [-0.25, -0.2) is 0 Å². The van der Waals surface area contributed by atoms with Crippen LogP contribution in [0.2, 0.25) is 0 Å². The molecule has 1 heterocycles. The number of para-hydroxylation sites is 1. The third-order valence-corrected chi connectivity index (χ3v) is 16.7. The maximum atomic E-state index is 7.05. The van der Waals surface area contributed by atoms with E-state index in [4.69, 9.17) is 4.42 Å². The first-order valence-corrected chi connectivity index (χ1v) is 26.8. The molecule has 14 rings (SSSR count). The third kappa shape index (κ3) is 6.85. The molecule has 11 aromatic rings. The second-order valence-corrected chi connectivity index (χ2v) is 23.1. The molecular weight excluding hydrogens is 907 g/mol. The zero-order chi connectivity index (χ0) is 50.8. The SMILES string of the molecule is CC(C)(C)c1ccc2c(c1)C1(c3ccccc3-c3ccc(N(C4=c5c(oc6c5ccc5ccccc56)=CCC4)c4ccccc4-c4ccccc4-c4ccccc4-c4ccccc4)cc31)c1cc(C(C)(C)C)ccc1-2. The summed E-state index contributed by atoms with van der Waals surface area (Å²) in [4.78, 5) is 2.62. The van der Waals surface area contributed by atoms with E-state index in [1.807, 2.05) is 0 Å². The van der Waals surface area contributed by atoms with Crippen molar-refractivity contribution < 1.29 is 4.42 Å². The second kappa shape index (κ2) is 16.8. The molecule has 0 saturated heterocycles. The van der Waals surface area contributed by atoms with Crippen molar-refractivity contribution in [2.24, 2.45) is 0 Å². The third-order valence-electron chi connectivity index (χ3n) is 16.7. The first kappa shape index (κ1) is 45.2. The summed E-state index contributed by atoms with van der Waals surface area (Å²) in [5.41, 5.74) is 25.2. The van der Waals surface area contributed by atoms with Crippen LogP contribution in [-0.2, 0) is 16.2 Å². The molecule has 0 saturated carbocycles. The number of fused-ring (bicyclic) bond motifs is 15. The topological polar surface area (TPSA) is 16.4 Å². The van der Waals surface area contributed by atoms with Gasteiger partial charge in [-0.15, -0.1) is 0 Å². The van der Waals surface area contributed by atoms with Crippen LogP contribution in [0.1, 0.15) is 87.8 Å². The zero-order valence-electron chi connectivity index (χ0n) is 43.6. The molecule has 1 spiro atoms. The Bertz CT molecular complexity index is 4200. The van der Waals surface area contributed by atoms with E-state index in [2.05, 4.69) is 271 Å². The first-order valence-electron chi connectivity index (χ1n) is 26.8. The molecule has 0 unspecified atom stereocenters. The minimum absolute atomic E-state index is 0.0478. The highest BCUT2D eigenvalue weighted by atomic mass is 16.3. The second-order valence-electron chi connectivity index (χ2n) is 23.1. The van der Waals surface area contributed by atoms with Crippen molar-refractivity contribution in [2.45, 2.75) is 70.6 Å². The summed E-state index contributed by atoms with van der Waals surface area (Å²) < 4.78 is 7.05. The number of anilines is 2. The van der Waals surface area contributed by atoms with Gasteiger partial charge in [-0.3, -0.25) is 0 Å². The van der Waals surface area contributed by atoms with Gasteiger partial charge in [-0.2, -0.15) is 0 Å². The number of benzene rings is 10. The van der Waals surface area contributed by atoms with Crippen molar-refractivity contribution in [1.29, 1.82) is 0 Å². The summed E-state index contributed by atoms with van der Waals surface area (Å²) in [6, 6.07) is 82.4. The lowest BCUT2D eigenvalue weighted by atomic mass is 9.68. The van der Waals surface area contributed by atoms with E-state index < -0.39 is 5.41 Å². The van der Waals surface area contributed by atoms with Crippen LogP contribution in [0.5, 0.6) is 0 Å². The Morgan fingerprint density at radius 1 is 0.413 bits per heavy atom. The Kier molecular flexibility index (Phi) is 10.1. The van der Waals surface area contributed by atoms with Gasteiger partial charge in [0.05, 0.1) is 11.1 Å². The molecule has 1 aromatic heterocycles. The van der Waals surface area contributed by atoms with Crippen LogP contribution in [0.3, 0.4) is 0 Å². The maximum Gasteiger partial charge on any atom is 0.143 e. The van der Waals surface area contributed by atoms with Gasteiger partial charge in [-0.1, -0.05) is 236 Å². The first-order chi connectivity index (χ1) is 36.5. The molecular formula is C73H59NO. The van der Waals surface area contributed by atoms with Crippen molar-refractivity contribution in [2.75, 3.05) is 4.90 Å². The number of rotatable bonds is 6. The summed E-state index contributed by atoms with van der Waals surface area (Å²) in [6.07, 6.45) is 4.00. The lowest BCUT2D eigenvalue weighted by molar-refractivity contribution is 0.573. The van der Waals surface area contributed by atoms with Gasteiger partial charge in [-0.05, 0) is 143 Å². The molecule has 0 N–H and O–H groups in total. The van der Waals surface area contributed by atoms with Gasteiger partial charge in [0.25, 0.3) is 0 Å². The summed E-state index contributed by atoms with van der Waals surface area (Å²) in [7, 11) is 0. The van der Waals surface area contributed by atoms with Crippen molar-refractivity contribution >= 4 is 44.9 Å². The average molecular weight is 966 g/mol. The van der Waals surface area contributed by atoms with Crippen LogP contribution < -0.4 is 15.5 Å². The smallest absolute Gasteiger partial charge is 0.143 e. The molecule has 0 radical (unpaired) electrons. The van der Waals surface area contributed by atoms with Crippen molar-refractivity contribution in [3.8, 4) is 55.6 Å². The molecule has 2 nitrogen and oxygen atoms in total. The molecule has 75 heavy (non-hydrogen) atoms. The quantitative estimate of drug-likeness (QED) is 0.165. The van der Waals surface area contributed by atoms with E-state index in [1.165, 1.54) is 99.8 Å². The summed E-state index contributed by atoms with van der Waals surface area (Å²) >= 11 is 0. The molecule has 0 atom stereocenters. The Balaban J connectivity index is 1.09. The fraction of sp³-hybridized carbons (Fsp3) is 0.151. The zero-order valence-corrected chi connectivity index (χ0v) is 43.6. The number of furan rings is 1. The van der Waals surface area contributed by atoms with Crippen LogP contribution in [0.25, 0.3) is 89.1 Å². The molecule has 3 aliphatic rings. The van der Waals surface area contributed by atoms with E-state index in [0.29, 0.717) is 0 Å². The van der Waals surface area contributed by atoms with Crippen LogP contribution in [-0.4, -0.2) is 0 Å². The van der Waals surface area contributed by atoms with Crippen molar-refractivity contribution in [1.82, 2.24) is 0 Å². The van der Waals surface area contributed by atoms with Crippen molar-refractivity contribution in [3.63, 3.8) is 0 Å². The predicted molar refractivity (Wildman–Crippen MR) is 315 cm³/mol. The standard InChI is InChI=1S/C73H59NO/c1-71(2,3)48-36-40-57-58-41-37-49(72(4,5)6)44-64(58)73(63(57)43-48)62-31-18-16-29-56(62)59-42-38-50(45-65(59)73)74(67-33-20-34-68-69(67)61-39-35-47-23-10-11-25-52(47)70(61)75-68)66-32-19-17-30-60(66)55-28-15-14-27-54(55)53-26-13-12-24-51(53)46-21-8-7-9-22-46/h7-19,21-32,34-45H,20,33H2,1-6H3. The van der Waals surface area contributed by atoms with Gasteiger partial charge < -0.3 is 9.32 Å². The minimum atomic E-state index is -0.564. The highest BCUT2D eigenvalue weighted by Crippen LogP contribution is 2.64. The van der Waals surface area contributed by atoms with Gasteiger partial charge >= 0.3 is 0 Å². The average Bonchev–Trinajstić information content (AvgIpc) is 4.27. The Labute approximate surface area is 440 Å². The largest absolute Gasteiger partial charge is 0.456 e. The summed E-state index contributed by atoms with van der Waals surface area (Å²) in [6.45, 7) is 14.1. The number of hydrogen-bond acceptors (Lipinski definition) is 2. The number of nitrogens with zero attached hydrogens (tertiary/aromatic N) is 1. The normalized spacial score (nSPS) is 14.1. The summed E-state index contributed by atoms with van der Waals surface area (Å²) in [5, 5.41) is 4.62. The molecule has 362 valence electrons. The minimum Gasteiger partial charge on any atom is -0.456 e. The van der Waals surface area contributed by atoms with Gasteiger partial charge in [0.2, 0.25) is 0 Å². The maximum absolute atomic E-state index is 7.05. The van der Waals surface area contributed by atoms with Gasteiger partial charge in [0, 0.05) is 32.9 Å². The summed E-state index contributed by atoms with van der Waals surface area (Å²) in [5.74, 6) is 0. The van der Waals surface area contributed by atoms with Crippen LogP contribution in [0, 0.1) is 0 Å². The molecule has 0 fully saturated rings. The van der Waals surface area contributed by atoms with E-state index in [1.54, 1.807) is 0 Å². The van der Waals surface area contributed by atoms with E-state index in [-0.39, 0.29) is 10.8 Å². The molecule has 0 bridgehead atoms. The van der Waals surface area contributed by atoms with Crippen LogP contribution >= 0.6 is 0 Å². The predicted octanol–water partition coefficient (Wildman–Crippen LogP) is 18.0. The van der Waals surface area contributed by atoms with E-state index >= 15 is 0 Å². The monoisotopic (exact) mass is 965 g/mol. The lowest BCUT2D eigenvalue weighted by Gasteiger charge is -2.35. The highest BCUT2D eigenvalue weighted by Gasteiger charge is 2.52. The Morgan fingerprint density at radius 2 is 0.933 bits per heavy atom. The molecule has 10 aromatic carbocycles.